The van der Waals surface area contributed by atoms with Gasteiger partial charge < -0.3 is 4.90 Å². The van der Waals surface area contributed by atoms with Gasteiger partial charge in [-0.15, -0.1) is 22.7 Å². The van der Waals surface area contributed by atoms with Crippen LogP contribution in [0.25, 0.3) is 9.88 Å². The van der Waals surface area contributed by atoms with Gasteiger partial charge in [-0.1, -0.05) is 25.4 Å². The molecule has 0 atom stereocenters. The zero-order valence-electron chi connectivity index (χ0n) is 14.2. The van der Waals surface area contributed by atoms with Crippen LogP contribution in [-0.4, -0.2) is 53.4 Å². The van der Waals surface area contributed by atoms with Crippen molar-refractivity contribution in [3.8, 4) is 9.88 Å². The number of amides is 1. The van der Waals surface area contributed by atoms with Gasteiger partial charge in [-0.05, 0) is 25.0 Å². The highest BCUT2D eigenvalue weighted by Crippen LogP contribution is 2.35. The lowest BCUT2D eigenvalue weighted by molar-refractivity contribution is 0.0627. The van der Waals surface area contributed by atoms with Gasteiger partial charge in [0.05, 0.1) is 14.9 Å². The lowest BCUT2D eigenvalue weighted by atomic mass is 10.2. The Bertz CT molecular complexity index is 717. The first-order chi connectivity index (χ1) is 11.4. The number of piperazine rings is 1. The molecule has 24 heavy (non-hydrogen) atoms. The molecule has 0 radical (unpaired) electrons. The number of halogens is 1. The van der Waals surface area contributed by atoms with Gasteiger partial charge in [0.25, 0.3) is 5.91 Å². The Balaban J connectivity index is 1.69. The Morgan fingerprint density at radius 3 is 2.54 bits per heavy atom. The Kier molecular flexibility index (Phi) is 5.59. The van der Waals surface area contributed by atoms with Crippen LogP contribution >= 0.6 is 34.3 Å². The molecular weight excluding hydrogens is 362 g/mol. The van der Waals surface area contributed by atoms with E-state index in [9.17, 15) is 4.79 Å². The number of aromatic nitrogens is 1. The summed E-state index contributed by atoms with van der Waals surface area (Å²) in [4.78, 5) is 23.6. The highest BCUT2D eigenvalue weighted by atomic mass is 35.5. The quantitative estimate of drug-likeness (QED) is 0.791. The molecule has 0 bridgehead atoms. The number of aryl methyl sites for hydroxylation is 1. The molecule has 1 amide bonds. The monoisotopic (exact) mass is 383 g/mol. The summed E-state index contributed by atoms with van der Waals surface area (Å²) in [6, 6.07) is 3.83. The van der Waals surface area contributed by atoms with Gasteiger partial charge in [-0.3, -0.25) is 9.69 Å². The summed E-state index contributed by atoms with van der Waals surface area (Å²) < 4.78 is 0.743. The van der Waals surface area contributed by atoms with E-state index in [1.54, 1.807) is 0 Å². The van der Waals surface area contributed by atoms with E-state index in [4.69, 9.17) is 11.6 Å². The molecule has 0 unspecified atom stereocenters. The van der Waals surface area contributed by atoms with Gasteiger partial charge in [0.2, 0.25) is 0 Å². The molecule has 1 aliphatic heterocycles. The zero-order chi connectivity index (χ0) is 17.3. The van der Waals surface area contributed by atoms with E-state index in [0.717, 1.165) is 57.5 Å². The first-order valence-electron chi connectivity index (χ1n) is 8.19. The minimum Gasteiger partial charge on any atom is -0.335 e. The van der Waals surface area contributed by atoms with E-state index < -0.39 is 0 Å². The predicted molar refractivity (Wildman–Crippen MR) is 102 cm³/mol. The van der Waals surface area contributed by atoms with Gasteiger partial charge in [0, 0.05) is 32.7 Å². The third kappa shape index (κ3) is 3.99. The minimum absolute atomic E-state index is 0.114. The van der Waals surface area contributed by atoms with Crippen LogP contribution < -0.4 is 0 Å². The molecule has 1 aliphatic rings. The second-order valence-corrected chi connectivity index (χ2v) is 9.24. The molecule has 3 heterocycles. The fourth-order valence-corrected chi connectivity index (χ4v) is 5.05. The third-order valence-corrected chi connectivity index (χ3v) is 6.60. The highest BCUT2D eigenvalue weighted by Gasteiger charge is 2.26. The molecule has 2 aromatic rings. The molecule has 130 valence electrons. The van der Waals surface area contributed by atoms with Crippen molar-refractivity contribution < 1.29 is 4.79 Å². The first-order valence-corrected chi connectivity index (χ1v) is 10.2. The number of thiazole rings is 1. The molecule has 0 aliphatic carbocycles. The molecular formula is C17H22ClN3OS2. The van der Waals surface area contributed by atoms with E-state index in [-0.39, 0.29) is 5.91 Å². The standard InChI is InChI=1S/C17H22ClN3OS2/c1-11(2)10-20-6-8-21(9-7-20)17(22)15-12(3)19-16(24-15)13-4-5-14(18)23-13/h4-5,11H,6-10H2,1-3H3. The SMILES string of the molecule is Cc1nc(-c2ccc(Cl)s2)sc1C(=O)N1CCN(CC(C)C)CC1. The molecule has 0 spiro atoms. The lowest BCUT2D eigenvalue weighted by Gasteiger charge is -2.35. The molecule has 2 aromatic heterocycles. The van der Waals surface area contributed by atoms with E-state index >= 15 is 0 Å². The van der Waals surface area contributed by atoms with Crippen molar-refractivity contribution >= 4 is 40.2 Å². The van der Waals surface area contributed by atoms with Crippen LogP contribution in [0.3, 0.4) is 0 Å². The number of nitrogens with zero attached hydrogens (tertiary/aromatic N) is 3. The Hall–Kier alpha value is -0.950. The Labute approximate surface area is 156 Å². The van der Waals surface area contributed by atoms with Gasteiger partial charge in [0.15, 0.2) is 0 Å². The number of hydrogen-bond acceptors (Lipinski definition) is 5. The maximum atomic E-state index is 12.9. The number of carbonyl (C=O) groups is 1. The fraction of sp³-hybridized carbons (Fsp3) is 0.529. The second-order valence-electron chi connectivity index (χ2n) is 6.52. The molecule has 0 saturated carbocycles. The number of thiophene rings is 1. The summed E-state index contributed by atoms with van der Waals surface area (Å²) in [6.45, 7) is 11.0. The van der Waals surface area contributed by atoms with Crippen LogP contribution in [0.1, 0.15) is 29.2 Å². The second kappa shape index (κ2) is 7.52. The van der Waals surface area contributed by atoms with Gasteiger partial charge in [-0.2, -0.15) is 0 Å². The molecule has 0 N–H and O–H groups in total. The summed E-state index contributed by atoms with van der Waals surface area (Å²) in [5, 5.41) is 0.881. The topological polar surface area (TPSA) is 36.4 Å². The third-order valence-electron chi connectivity index (χ3n) is 4.06. The van der Waals surface area contributed by atoms with Crippen molar-refractivity contribution in [3.63, 3.8) is 0 Å². The van der Waals surface area contributed by atoms with Crippen LogP contribution in [0.5, 0.6) is 0 Å². The van der Waals surface area contributed by atoms with E-state index in [2.05, 4.69) is 23.7 Å². The van der Waals surface area contributed by atoms with Crippen LogP contribution in [-0.2, 0) is 0 Å². The van der Waals surface area contributed by atoms with Crippen LogP contribution in [0.2, 0.25) is 4.34 Å². The van der Waals surface area contributed by atoms with Crippen molar-refractivity contribution in [3.05, 3.63) is 27.0 Å². The van der Waals surface area contributed by atoms with Crippen molar-refractivity contribution in [2.24, 2.45) is 5.92 Å². The first kappa shape index (κ1) is 17.9. The summed E-state index contributed by atoms with van der Waals surface area (Å²) in [5.74, 6) is 0.777. The average molecular weight is 384 g/mol. The molecule has 3 rings (SSSR count). The summed E-state index contributed by atoms with van der Waals surface area (Å²) in [5.41, 5.74) is 0.814. The normalized spacial score (nSPS) is 16.1. The largest absolute Gasteiger partial charge is 0.335 e. The van der Waals surface area contributed by atoms with Crippen molar-refractivity contribution in [1.29, 1.82) is 0 Å². The van der Waals surface area contributed by atoms with Crippen LogP contribution in [0, 0.1) is 12.8 Å². The minimum atomic E-state index is 0.114. The van der Waals surface area contributed by atoms with Crippen LogP contribution in [0.4, 0.5) is 0 Å². The zero-order valence-corrected chi connectivity index (χ0v) is 16.6. The number of hydrogen-bond donors (Lipinski definition) is 0. The fourth-order valence-electron chi connectivity index (χ4n) is 2.92. The maximum absolute atomic E-state index is 12.9. The lowest BCUT2D eigenvalue weighted by Crippen LogP contribution is -2.49. The summed E-state index contributed by atoms with van der Waals surface area (Å²) in [7, 11) is 0. The molecule has 1 fully saturated rings. The number of rotatable bonds is 4. The molecule has 1 saturated heterocycles. The Morgan fingerprint density at radius 1 is 1.25 bits per heavy atom. The predicted octanol–water partition coefficient (Wildman–Crippen LogP) is 4.25. The van der Waals surface area contributed by atoms with Crippen molar-refractivity contribution in [2.75, 3.05) is 32.7 Å². The summed E-state index contributed by atoms with van der Waals surface area (Å²) in [6.07, 6.45) is 0. The van der Waals surface area contributed by atoms with Gasteiger partial charge >= 0.3 is 0 Å². The highest BCUT2D eigenvalue weighted by molar-refractivity contribution is 7.24. The average Bonchev–Trinajstić information content (AvgIpc) is 3.13. The van der Waals surface area contributed by atoms with E-state index in [1.165, 1.54) is 22.7 Å². The van der Waals surface area contributed by atoms with Crippen LogP contribution in [0.15, 0.2) is 12.1 Å². The van der Waals surface area contributed by atoms with Gasteiger partial charge in [-0.25, -0.2) is 4.98 Å². The van der Waals surface area contributed by atoms with Crippen molar-refractivity contribution in [2.45, 2.75) is 20.8 Å². The van der Waals surface area contributed by atoms with E-state index in [1.807, 2.05) is 24.0 Å². The maximum Gasteiger partial charge on any atom is 0.265 e. The van der Waals surface area contributed by atoms with E-state index in [0.29, 0.717) is 5.92 Å². The van der Waals surface area contributed by atoms with Gasteiger partial charge in [0.1, 0.15) is 9.88 Å². The van der Waals surface area contributed by atoms with Crippen molar-refractivity contribution in [1.82, 2.24) is 14.8 Å². The Morgan fingerprint density at radius 2 is 1.96 bits per heavy atom. The number of carbonyl (C=O) groups excluding carboxylic acids is 1. The molecule has 0 aromatic carbocycles. The molecule has 7 heteroatoms. The molecule has 4 nitrogen and oxygen atoms in total. The smallest absolute Gasteiger partial charge is 0.265 e. The summed E-state index contributed by atoms with van der Waals surface area (Å²) >= 11 is 8.98.